The topological polar surface area (TPSA) is 143 Å². The van der Waals surface area contributed by atoms with Crippen LogP contribution < -0.4 is 16.1 Å². The minimum absolute atomic E-state index is 0.171. The summed E-state index contributed by atoms with van der Waals surface area (Å²) in [7, 11) is 0. The summed E-state index contributed by atoms with van der Waals surface area (Å²) in [6.45, 7) is 2.95. The number of nitrogens with zero attached hydrogens (tertiary/aromatic N) is 3. The van der Waals surface area contributed by atoms with E-state index in [-0.39, 0.29) is 30.5 Å². The molecule has 1 aliphatic heterocycles. The predicted molar refractivity (Wildman–Crippen MR) is 161 cm³/mol. The van der Waals surface area contributed by atoms with Crippen LogP contribution in [0.4, 0.5) is 4.79 Å². The highest BCUT2D eigenvalue weighted by molar-refractivity contribution is 7.09. The number of ether oxygens (including phenoxy) is 1. The molecule has 0 spiro atoms. The average Bonchev–Trinajstić information content (AvgIpc) is 3.65. The molecule has 0 aliphatic carbocycles. The molecule has 1 aliphatic rings. The van der Waals surface area contributed by atoms with Crippen LogP contribution in [0.15, 0.2) is 72.1 Å². The molecule has 2 atom stereocenters. The number of hydrazine groups is 1. The summed E-state index contributed by atoms with van der Waals surface area (Å²) in [5, 5.41) is 10.1. The van der Waals surface area contributed by atoms with Gasteiger partial charge in [0.05, 0.1) is 10.5 Å². The van der Waals surface area contributed by atoms with Gasteiger partial charge in [0.2, 0.25) is 0 Å². The number of hydrogen-bond donors (Lipinski definition) is 3. The van der Waals surface area contributed by atoms with E-state index in [9.17, 15) is 19.2 Å². The minimum atomic E-state index is -0.766. The molecule has 1 fully saturated rings. The van der Waals surface area contributed by atoms with Gasteiger partial charge in [-0.05, 0) is 42.9 Å². The van der Waals surface area contributed by atoms with Gasteiger partial charge in [0.15, 0.2) is 0 Å². The monoisotopic (exact) mass is 600 g/mol. The van der Waals surface area contributed by atoms with Crippen molar-refractivity contribution >= 4 is 46.1 Å². The number of thiazole rings is 1. The lowest BCUT2D eigenvalue weighted by atomic mass is 10.1. The largest absolute Gasteiger partial charge is 0.445 e. The smallest absolute Gasteiger partial charge is 0.407 e. The molecule has 5 rings (SSSR count). The average molecular weight is 601 g/mol. The molecule has 0 saturated carbocycles. The van der Waals surface area contributed by atoms with Crippen molar-refractivity contribution in [3.8, 4) is 0 Å². The molecule has 1 saturated heterocycles. The van der Waals surface area contributed by atoms with E-state index in [2.05, 4.69) is 26.0 Å². The molecule has 2 aromatic heterocycles. The molecular weight excluding hydrogens is 568 g/mol. The zero-order valence-corrected chi connectivity index (χ0v) is 24.4. The Morgan fingerprint density at radius 1 is 1.00 bits per heavy atom. The summed E-state index contributed by atoms with van der Waals surface area (Å²) in [4.78, 5) is 59.2. The molecule has 4 amide bonds. The Labute approximate surface area is 252 Å². The third kappa shape index (κ3) is 7.92. The van der Waals surface area contributed by atoms with Crippen molar-refractivity contribution in [1.82, 2.24) is 31.0 Å². The minimum Gasteiger partial charge on any atom is -0.445 e. The van der Waals surface area contributed by atoms with Crippen LogP contribution in [-0.4, -0.2) is 57.9 Å². The lowest BCUT2D eigenvalue weighted by molar-refractivity contribution is -0.131. The van der Waals surface area contributed by atoms with E-state index in [0.29, 0.717) is 24.9 Å². The maximum Gasteiger partial charge on any atom is 0.407 e. The Morgan fingerprint density at radius 3 is 2.63 bits per heavy atom. The van der Waals surface area contributed by atoms with Crippen molar-refractivity contribution in [1.29, 1.82) is 0 Å². The van der Waals surface area contributed by atoms with Gasteiger partial charge in [0.25, 0.3) is 17.7 Å². The van der Waals surface area contributed by atoms with Gasteiger partial charge in [-0.2, -0.15) is 0 Å². The number of alkyl carbamates (subject to hydrolysis) is 1. The van der Waals surface area contributed by atoms with Crippen molar-refractivity contribution in [2.75, 3.05) is 13.1 Å². The molecule has 3 N–H and O–H groups in total. The number of pyridine rings is 1. The molecule has 0 bridgehead atoms. The first-order valence-electron chi connectivity index (χ1n) is 14.0. The van der Waals surface area contributed by atoms with Gasteiger partial charge in [-0.15, -0.1) is 11.3 Å². The number of carbonyl (C=O) groups is 4. The lowest BCUT2D eigenvalue weighted by Crippen LogP contribution is -2.48. The quantitative estimate of drug-likeness (QED) is 0.237. The fourth-order valence-electron chi connectivity index (χ4n) is 4.56. The van der Waals surface area contributed by atoms with Crippen LogP contribution in [0.5, 0.6) is 0 Å². The SMILES string of the molecule is CC(CCc1nc(C(=O)NN2CC[C@H](NC(=O)c3ccc4ccccc4n3)C2=O)cs1)CNC(=O)OCc1ccccc1. The maximum absolute atomic E-state index is 12.9. The molecule has 1 unspecified atom stereocenters. The summed E-state index contributed by atoms with van der Waals surface area (Å²) >= 11 is 1.36. The number of rotatable bonds is 11. The summed E-state index contributed by atoms with van der Waals surface area (Å²) in [5.74, 6) is -1.17. The maximum atomic E-state index is 12.9. The molecule has 2 aromatic carbocycles. The highest BCUT2D eigenvalue weighted by atomic mass is 32.1. The van der Waals surface area contributed by atoms with E-state index in [1.165, 1.54) is 16.3 Å². The van der Waals surface area contributed by atoms with E-state index < -0.39 is 29.9 Å². The first-order chi connectivity index (χ1) is 20.9. The number of para-hydroxylation sites is 1. The molecule has 43 heavy (non-hydrogen) atoms. The number of nitrogens with one attached hydrogen (secondary N) is 3. The fraction of sp³-hybridized carbons (Fsp3) is 0.290. The van der Waals surface area contributed by atoms with Gasteiger partial charge in [0.1, 0.15) is 24.0 Å². The Kier molecular flexibility index (Phi) is 9.57. The second-order valence-corrected chi connectivity index (χ2v) is 11.3. The molecule has 0 radical (unpaired) electrons. The Hall–Kier alpha value is -4.84. The summed E-state index contributed by atoms with van der Waals surface area (Å²) < 4.78 is 5.24. The first-order valence-corrected chi connectivity index (χ1v) is 14.9. The van der Waals surface area contributed by atoms with Crippen LogP contribution in [-0.2, 0) is 22.6 Å². The van der Waals surface area contributed by atoms with Crippen LogP contribution in [0.2, 0.25) is 0 Å². The molecular formula is C31H32N6O5S. The number of fused-ring (bicyclic) bond motifs is 1. The van der Waals surface area contributed by atoms with Gasteiger partial charge in [0, 0.05) is 23.9 Å². The van der Waals surface area contributed by atoms with E-state index in [0.717, 1.165) is 22.4 Å². The summed E-state index contributed by atoms with van der Waals surface area (Å²) in [6.07, 6.45) is 1.28. The molecule has 222 valence electrons. The number of benzene rings is 2. The molecule has 12 heteroatoms. The number of carbonyl (C=O) groups excluding carboxylic acids is 4. The third-order valence-corrected chi connectivity index (χ3v) is 7.93. The zero-order valence-electron chi connectivity index (χ0n) is 23.6. The third-order valence-electron chi connectivity index (χ3n) is 7.02. The summed E-state index contributed by atoms with van der Waals surface area (Å²) in [6, 6.07) is 19.6. The Bertz CT molecular complexity index is 1610. The van der Waals surface area contributed by atoms with E-state index in [1.807, 2.05) is 67.6 Å². The van der Waals surface area contributed by atoms with Crippen LogP contribution in [0, 0.1) is 5.92 Å². The second kappa shape index (κ2) is 13.9. The highest BCUT2D eigenvalue weighted by Crippen LogP contribution is 2.17. The number of aromatic nitrogens is 2. The van der Waals surface area contributed by atoms with E-state index >= 15 is 0 Å². The Morgan fingerprint density at radius 2 is 1.79 bits per heavy atom. The molecule has 11 nitrogen and oxygen atoms in total. The van der Waals surface area contributed by atoms with Gasteiger partial charge < -0.3 is 15.4 Å². The normalized spacial score (nSPS) is 15.2. The molecule has 4 aromatic rings. The van der Waals surface area contributed by atoms with Crippen molar-refractivity contribution < 1.29 is 23.9 Å². The van der Waals surface area contributed by atoms with Crippen molar-refractivity contribution in [2.24, 2.45) is 5.92 Å². The van der Waals surface area contributed by atoms with Crippen LogP contribution in [0.25, 0.3) is 10.9 Å². The Balaban J connectivity index is 1.03. The second-order valence-electron chi connectivity index (χ2n) is 10.3. The first kappa shape index (κ1) is 29.6. The van der Waals surface area contributed by atoms with Gasteiger partial charge in [-0.25, -0.2) is 14.8 Å². The number of aryl methyl sites for hydroxylation is 1. The fourth-order valence-corrected chi connectivity index (χ4v) is 5.36. The summed E-state index contributed by atoms with van der Waals surface area (Å²) in [5.41, 5.74) is 4.66. The standard InChI is InChI=1S/C31H32N6O5S/c1-20(17-32-31(41)42-18-21-7-3-2-4-8-21)11-14-27-34-26(19-43-27)29(39)36-37-16-15-25(30(37)40)35-28(38)24-13-12-22-9-5-6-10-23(22)33-24/h2-10,12-13,19-20,25H,11,14-18H2,1H3,(H,32,41)(H,35,38)(H,36,39)/t20?,25-/m0/s1. The van der Waals surface area contributed by atoms with Gasteiger partial charge >= 0.3 is 6.09 Å². The highest BCUT2D eigenvalue weighted by Gasteiger charge is 2.34. The lowest BCUT2D eigenvalue weighted by Gasteiger charge is -2.17. The van der Waals surface area contributed by atoms with Crippen LogP contribution in [0.1, 0.15) is 51.3 Å². The van der Waals surface area contributed by atoms with E-state index in [1.54, 1.807) is 11.4 Å². The zero-order chi connectivity index (χ0) is 30.2. The van der Waals surface area contributed by atoms with Gasteiger partial charge in [-0.1, -0.05) is 61.5 Å². The molecule has 3 heterocycles. The predicted octanol–water partition coefficient (Wildman–Crippen LogP) is 3.86. The van der Waals surface area contributed by atoms with Crippen LogP contribution in [0.3, 0.4) is 0 Å². The van der Waals surface area contributed by atoms with Crippen LogP contribution >= 0.6 is 11.3 Å². The van der Waals surface area contributed by atoms with E-state index in [4.69, 9.17) is 4.74 Å². The van der Waals surface area contributed by atoms with Crippen molar-refractivity contribution in [3.05, 3.63) is 94.1 Å². The number of hydrogen-bond acceptors (Lipinski definition) is 8. The number of amides is 4. The van der Waals surface area contributed by atoms with Crippen molar-refractivity contribution in [2.45, 2.75) is 38.8 Å². The van der Waals surface area contributed by atoms with Crippen molar-refractivity contribution in [3.63, 3.8) is 0 Å². The van der Waals surface area contributed by atoms with Gasteiger partial charge in [-0.3, -0.25) is 24.8 Å².